The third-order valence-corrected chi connectivity index (χ3v) is 0. The van der Waals surface area contributed by atoms with Crippen molar-refractivity contribution >= 4 is 27.3 Å². The van der Waals surface area contributed by atoms with Crippen LogP contribution >= 0.6 is 0 Å². The van der Waals surface area contributed by atoms with E-state index in [2.05, 4.69) is 0 Å². The van der Waals surface area contributed by atoms with Gasteiger partial charge in [0.1, 0.15) is 0 Å². The maximum Gasteiger partial charge on any atom is 3.00 e. The Labute approximate surface area is 138 Å². The molecule has 22 heavy (non-hydrogen) atoms. The average Bonchev–Trinajstić information content (AvgIpc) is 1.54. The standard InChI is InChI=1S/3NO3.9H2O.Tl/c3*2-1(3)4;;;;;;;;;;/h;;;9*1H2;/q3*-1;;;;;;;;;;+3. The van der Waals surface area contributed by atoms with Gasteiger partial charge in [0.05, 0.1) is 15.3 Å². The van der Waals surface area contributed by atoms with Gasteiger partial charge in [-0.15, -0.1) is 0 Å². The number of hydrogen-bond donors (Lipinski definition) is 0. The third-order valence-electron chi connectivity index (χ3n) is 0. The minimum Gasteiger partial charge on any atom is -0.412 e. The molecule has 144 valence electrons. The van der Waals surface area contributed by atoms with E-state index in [-0.39, 0.29) is 76.6 Å². The van der Waals surface area contributed by atoms with E-state index in [9.17, 15) is 0 Å². The van der Waals surface area contributed by atoms with Crippen molar-refractivity contribution in [3.8, 4) is 0 Å². The molecule has 0 saturated heterocycles. The molecule has 0 atom stereocenters. The summed E-state index contributed by atoms with van der Waals surface area (Å²) in [5.74, 6) is 0. The SMILES string of the molecule is O.O.O.O.O.O.O.O.O.O=[N+]([O-])[O-].O=[N+]([O-])[O-].O=[N+]([O-])[O-].[Tl+3]. The van der Waals surface area contributed by atoms with Crippen LogP contribution in [0.3, 0.4) is 0 Å². The molecule has 0 aromatic rings. The molecular formula is H18N3O18Tl. The summed E-state index contributed by atoms with van der Waals surface area (Å²) in [5.41, 5.74) is 0. The summed E-state index contributed by atoms with van der Waals surface area (Å²) in [7, 11) is 0. The zero-order valence-corrected chi connectivity index (χ0v) is 14.6. The Morgan fingerprint density at radius 1 is 0.364 bits per heavy atom. The van der Waals surface area contributed by atoms with Crippen molar-refractivity contribution in [3.05, 3.63) is 46.0 Å². The molecule has 0 aliphatic heterocycles. The molecule has 0 unspecified atom stereocenters. The molecule has 0 bridgehead atoms. The predicted octanol–water partition coefficient (Wildman–Crippen LogP) is -8.52. The third kappa shape index (κ3) is 1580. The van der Waals surface area contributed by atoms with Gasteiger partial charge in [-0.05, 0) is 0 Å². The molecule has 0 heterocycles. The Kier molecular flexibility index (Phi) is 808. The molecule has 0 aliphatic rings. The summed E-state index contributed by atoms with van der Waals surface area (Å²) in [4.78, 5) is 24.8. The molecule has 0 spiro atoms. The fourth-order valence-corrected chi connectivity index (χ4v) is 0. The molecule has 22 heteroatoms. The van der Waals surface area contributed by atoms with Gasteiger partial charge in [-0.1, -0.05) is 0 Å². The summed E-state index contributed by atoms with van der Waals surface area (Å²) in [6.07, 6.45) is 0. The topological polar surface area (TPSA) is 482 Å². The minimum atomic E-state index is -1.75. The summed E-state index contributed by atoms with van der Waals surface area (Å²) in [5, 5.41) is 44.2. The zero-order valence-electron chi connectivity index (χ0n) is 10.1. The quantitative estimate of drug-likeness (QED) is 0.156. The van der Waals surface area contributed by atoms with Crippen molar-refractivity contribution in [2.24, 2.45) is 0 Å². The second-order valence-corrected chi connectivity index (χ2v) is 0.671. The number of hydrogen-bond acceptors (Lipinski definition) is 9. The van der Waals surface area contributed by atoms with Crippen LogP contribution < -0.4 is 0 Å². The molecule has 0 radical (unpaired) electrons. The van der Waals surface area contributed by atoms with Gasteiger partial charge in [-0.2, -0.15) is 0 Å². The molecule has 0 amide bonds. The van der Waals surface area contributed by atoms with E-state index in [1.807, 2.05) is 0 Å². The van der Waals surface area contributed by atoms with E-state index in [4.69, 9.17) is 46.0 Å². The molecule has 0 rings (SSSR count). The van der Waals surface area contributed by atoms with Gasteiger partial charge in [-0.3, -0.25) is 0 Å². The van der Waals surface area contributed by atoms with E-state index in [0.29, 0.717) is 0 Å². The normalized spacial score (nSPS) is 3.27. The summed E-state index contributed by atoms with van der Waals surface area (Å²) in [6, 6.07) is 0. The molecule has 0 aromatic carbocycles. The maximum absolute atomic E-state index is 8.25. The van der Waals surface area contributed by atoms with Crippen LogP contribution in [0.4, 0.5) is 0 Å². The van der Waals surface area contributed by atoms with Crippen molar-refractivity contribution in [1.82, 2.24) is 0 Å². The summed E-state index contributed by atoms with van der Waals surface area (Å²) >= 11 is 0. The first-order valence-corrected chi connectivity index (χ1v) is 1.64. The smallest absolute Gasteiger partial charge is 0.412 e. The van der Waals surface area contributed by atoms with Crippen LogP contribution in [0.25, 0.3) is 0 Å². The Hall–Kier alpha value is -1.84. The molecule has 0 aromatic heterocycles. The molecule has 21 nitrogen and oxygen atoms in total. The van der Waals surface area contributed by atoms with Crippen LogP contribution in [-0.4, -0.2) is 91.8 Å². The Balaban J connectivity index is -0.00000000409. The van der Waals surface area contributed by atoms with Crippen molar-refractivity contribution in [1.29, 1.82) is 0 Å². The number of rotatable bonds is 0. The van der Waals surface area contributed by atoms with Crippen LogP contribution in [0, 0.1) is 46.0 Å². The van der Waals surface area contributed by atoms with E-state index in [1.54, 1.807) is 0 Å². The predicted molar refractivity (Wildman–Crippen MR) is 69.4 cm³/mol. The maximum atomic E-state index is 8.25. The zero-order chi connectivity index (χ0) is 10.7. The van der Waals surface area contributed by atoms with Gasteiger partial charge in [0.2, 0.25) is 0 Å². The molecule has 18 N–H and O–H groups in total. The van der Waals surface area contributed by atoms with E-state index >= 15 is 0 Å². The molecular weight excluding hydrogens is 534 g/mol. The largest absolute Gasteiger partial charge is 3.00 e. The first kappa shape index (κ1) is 144. The van der Waals surface area contributed by atoms with Crippen molar-refractivity contribution in [2.45, 2.75) is 0 Å². The first-order valence-electron chi connectivity index (χ1n) is 1.64. The van der Waals surface area contributed by atoms with Crippen molar-refractivity contribution in [2.75, 3.05) is 0 Å². The molecule has 0 aliphatic carbocycles. The summed E-state index contributed by atoms with van der Waals surface area (Å²) in [6.45, 7) is 0. The van der Waals surface area contributed by atoms with Crippen LogP contribution in [0.1, 0.15) is 0 Å². The monoisotopic (exact) mass is 553 g/mol. The minimum absolute atomic E-state index is 0. The van der Waals surface area contributed by atoms with Gasteiger partial charge in [-0.25, -0.2) is 0 Å². The summed E-state index contributed by atoms with van der Waals surface area (Å²) < 4.78 is 0. The van der Waals surface area contributed by atoms with Gasteiger partial charge < -0.3 is 95.3 Å². The Bertz CT molecular complexity index is 116. The fourth-order valence-electron chi connectivity index (χ4n) is 0. The van der Waals surface area contributed by atoms with Crippen LogP contribution in [0.15, 0.2) is 0 Å². The average molecular weight is 553 g/mol. The molecule has 0 saturated carbocycles. The Morgan fingerprint density at radius 3 is 0.364 bits per heavy atom. The van der Waals surface area contributed by atoms with E-state index in [1.165, 1.54) is 0 Å². The second-order valence-electron chi connectivity index (χ2n) is 0.671. The van der Waals surface area contributed by atoms with Crippen LogP contribution in [-0.2, 0) is 0 Å². The van der Waals surface area contributed by atoms with Gasteiger partial charge in [0.15, 0.2) is 0 Å². The number of nitrogens with zero attached hydrogens (tertiary/aromatic N) is 3. The van der Waals surface area contributed by atoms with Crippen LogP contribution in [0.5, 0.6) is 0 Å². The Morgan fingerprint density at radius 2 is 0.364 bits per heavy atom. The van der Waals surface area contributed by atoms with Gasteiger partial charge in [0, 0.05) is 0 Å². The second kappa shape index (κ2) is 123. The van der Waals surface area contributed by atoms with Gasteiger partial charge in [0.25, 0.3) is 0 Å². The van der Waals surface area contributed by atoms with E-state index < -0.39 is 15.3 Å². The molecule has 0 fully saturated rings. The first-order chi connectivity index (χ1) is 5.20. The van der Waals surface area contributed by atoms with Gasteiger partial charge >= 0.3 is 27.3 Å². The van der Waals surface area contributed by atoms with E-state index in [0.717, 1.165) is 0 Å². The van der Waals surface area contributed by atoms with Crippen LogP contribution in [0.2, 0.25) is 0 Å². The fraction of sp³-hybridized carbons (Fsp3) is 0. The van der Waals surface area contributed by atoms with Crippen molar-refractivity contribution < 1.29 is 64.5 Å². The van der Waals surface area contributed by atoms with Crippen molar-refractivity contribution in [3.63, 3.8) is 0 Å².